The van der Waals surface area contributed by atoms with Crippen LogP contribution in [0.4, 0.5) is 8.78 Å². The van der Waals surface area contributed by atoms with Gasteiger partial charge in [-0.25, -0.2) is 13.6 Å². The van der Waals surface area contributed by atoms with Gasteiger partial charge in [-0.1, -0.05) is 12.1 Å². The van der Waals surface area contributed by atoms with E-state index in [0.29, 0.717) is 0 Å². The Bertz CT molecular complexity index is 356. The molecule has 0 radical (unpaired) electrons. The topological polar surface area (TPSA) is 63.3 Å². The van der Waals surface area contributed by atoms with Gasteiger partial charge in [-0.3, -0.25) is 0 Å². The molecule has 0 saturated carbocycles. The van der Waals surface area contributed by atoms with E-state index in [1.165, 1.54) is 12.1 Å². The first-order valence-electron chi connectivity index (χ1n) is 3.89. The zero-order chi connectivity index (χ0) is 10.8. The van der Waals surface area contributed by atoms with Crippen LogP contribution < -0.4 is 5.73 Å². The predicted molar refractivity (Wildman–Crippen MR) is 45.9 cm³/mol. The molecule has 1 aromatic rings. The van der Waals surface area contributed by atoms with Gasteiger partial charge in [0.2, 0.25) is 5.67 Å². The van der Waals surface area contributed by atoms with Crippen molar-refractivity contribution in [2.24, 2.45) is 5.73 Å². The van der Waals surface area contributed by atoms with Crippen LogP contribution in [0.15, 0.2) is 24.3 Å². The van der Waals surface area contributed by atoms with E-state index >= 15 is 0 Å². The molecule has 0 saturated heterocycles. The Morgan fingerprint density at radius 2 is 2.21 bits per heavy atom. The van der Waals surface area contributed by atoms with Crippen LogP contribution in [0.2, 0.25) is 0 Å². The Kier molecular flexibility index (Phi) is 2.81. The number of hydrogen-bond donors (Lipinski definition) is 2. The van der Waals surface area contributed by atoms with Crippen molar-refractivity contribution in [1.29, 1.82) is 0 Å². The summed E-state index contributed by atoms with van der Waals surface area (Å²) in [5.41, 5.74) is 2.01. The number of carboxylic acid groups (broad SMARTS) is 1. The molecule has 0 bridgehead atoms. The largest absolute Gasteiger partial charge is 0.479 e. The minimum absolute atomic E-state index is 0.285. The van der Waals surface area contributed by atoms with E-state index in [-0.39, 0.29) is 5.56 Å². The lowest BCUT2D eigenvalue weighted by Crippen LogP contribution is -2.38. The highest BCUT2D eigenvalue weighted by molar-refractivity contribution is 5.79. The quantitative estimate of drug-likeness (QED) is 0.767. The Hall–Kier alpha value is -1.49. The van der Waals surface area contributed by atoms with Gasteiger partial charge in [-0.2, -0.15) is 0 Å². The van der Waals surface area contributed by atoms with Crippen LogP contribution in [0.3, 0.4) is 0 Å². The summed E-state index contributed by atoms with van der Waals surface area (Å²) in [5, 5.41) is 8.60. The van der Waals surface area contributed by atoms with Gasteiger partial charge in [0.1, 0.15) is 5.82 Å². The van der Waals surface area contributed by atoms with Crippen LogP contribution in [0.25, 0.3) is 0 Å². The molecule has 76 valence electrons. The van der Waals surface area contributed by atoms with E-state index in [1.807, 2.05) is 0 Å². The number of nitrogens with two attached hydrogens (primary N) is 1. The molecule has 0 aromatic heterocycles. The van der Waals surface area contributed by atoms with Gasteiger partial charge in [0.15, 0.2) is 0 Å². The first-order chi connectivity index (χ1) is 6.50. The summed E-state index contributed by atoms with van der Waals surface area (Å²) in [6.07, 6.45) is 0. The van der Waals surface area contributed by atoms with E-state index in [0.717, 1.165) is 12.1 Å². The molecule has 0 spiro atoms. The minimum atomic E-state index is -2.72. The zero-order valence-electron chi connectivity index (χ0n) is 7.21. The summed E-state index contributed by atoms with van der Waals surface area (Å²) in [4.78, 5) is 10.6. The van der Waals surface area contributed by atoms with E-state index in [9.17, 15) is 13.6 Å². The second kappa shape index (κ2) is 3.71. The van der Waals surface area contributed by atoms with Crippen molar-refractivity contribution in [1.82, 2.24) is 0 Å². The highest BCUT2D eigenvalue weighted by atomic mass is 19.1. The smallest absolute Gasteiger partial charge is 0.347 e. The second-order valence-corrected chi connectivity index (χ2v) is 2.82. The number of carboxylic acids is 1. The molecule has 0 aliphatic rings. The van der Waals surface area contributed by atoms with Crippen molar-refractivity contribution in [3.63, 3.8) is 0 Å². The molecule has 0 aliphatic heterocycles. The van der Waals surface area contributed by atoms with Crippen molar-refractivity contribution in [3.8, 4) is 0 Å². The highest BCUT2D eigenvalue weighted by Crippen LogP contribution is 2.25. The number of rotatable bonds is 3. The Morgan fingerprint density at radius 3 is 2.64 bits per heavy atom. The van der Waals surface area contributed by atoms with Crippen molar-refractivity contribution >= 4 is 5.97 Å². The van der Waals surface area contributed by atoms with Crippen LogP contribution in [0, 0.1) is 5.82 Å². The van der Waals surface area contributed by atoms with Gasteiger partial charge < -0.3 is 10.8 Å². The van der Waals surface area contributed by atoms with Gasteiger partial charge >= 0.3 is 5.97 Å². The minimum Gasteiger partial charge on any atom is -0.479 e. The molecule has 3 nitrogen and oxygen atoms in total. The van der Waals surface area contributed by atoms with E-state index in [2.05, 4.69) is 0 Å². The van der Waals surface area contributed by atoms with Crippen LogP contribution >= 0.6 is 0 Å². The number of halogens is 2. The van der Waals surface area contributed by atoms with Gasteiger partial charge in [-0.15, -0.1) is 0 Å². The lowest BCUT2D eigenvalue weighted by atomic mass is 9.96. The third-order valence-electron chi connectivity index (χ3n) is 1.90. The summed E-state index contributed by atoms with van der Waals surface area (Å²) < 4.78 is 26.4. The van der Waals surface area contributed by atoms with Crippen molar-refractivity contribution in [2.75, 3.05) is 6.54 Å². The molecule has 1 aromatic carbocycles. The predicted octanol–water partition coefficient (Wildman–Crippen LogP) is 1.03. The monoisotopic (exact) mass is 201 g/mol. The summed E-state index contributed by atoms with van der Waals surface area (Å²) in [7, 11) is 0. The average molecular weight is 201 g/mol. The first kappa shape index (κ1) is 10.6. The molecule has 5 heteroatoms. The summed E-state index contributed by atoms with van der Waals surface area (Å²) in [6.45, 7) is -0.730. The molecule has 0 fully saturated rings. The maximum absolute atomic E-state index is 13.7. The number of alkyl halides is 1. The molecular weight excluding hydrogens is 192 g/mol. The molecular formula is C9H9F2NO2. The van der Waals surface area contributed by atoms with E-state index < -0.39 is 24.0 Å². The van der Waals surface area contributed by atoms with Gasteiger partial charge in [0.25, 0.3) is 0 Å². The highest BCUT2D eigenvalue weighted by Gasteiger charge is 2.39. The molecule has 0 heterocycles. The molecule has 1 rings (SSSR count). The van der Waals surface area contributed by atoms with Crippen molar-refractivity contribution in [2.45, 2.75) is 5.67 Å². The number of carbonyl (C=O) groups is 1. The van der Waals surface area contributed by atoms with Crippen molar-refractivity contribution < 1.29 is 18.7 Å². The second-order valence-electron chi connectivity index (χ2n) is 2.82. The SMILES string of the molecule is NCC(F)(C(=O)O)c1cccc(F)c1. The van der Waals surface area contributed by atoms with Crippen molar-refractivity contribution in [3.05, 3.63) is 35.6 Å². The third kappa shape index (κ3) is 1.72. The molecule has 0 amide bonds. The van der Waals surface area contributed by atoms with Crippen LogP contribution in [0.5, 0.6) is 0 Å². The normalized spacial score (nSPS) is 14.8. The summed E-state index contributed by atoms with van der Waals surface area (Å²) in [5.74, 6) is -2.41. The maximum atomic E-state index is 13.7. The molecule has 14 heavy (non-hydrogen) atoms. The lowest BCUT2D eigenvalue weighted by Gasteiger charge is -2.18. The fourth-order valence-electron chi connectivity index (χ4n) is 1.06. The lowest BCUT2D eigenvalue weighted by molar-refractivity contribution is -0.150. The van der Waals surface area contributed by atoms with Crippen LogP contribution in [-0.4, -0.2) is 17.6 Å². The standard InChI is InChI=1S/C9H9F2NO2/c10-7-3-1-2-6(4-7)9(11,5-12)8(13)14/h1-4H,5,12H2,(H,13,14). The third-order valence-corrected chi connectivity index (χ3v) is 1.90. The summed E-state index contributed by atoms with van der Waals surface area (Å²) >= 11 is 0. The van der Waals surface area contributed by atoms with E-state index in [4.69, 9.17) is 10.8 Å². The van der Waals surface area contributed by atoms with Crippen LogP contribution in [-0.2, 0) is 10.5 Å². The molecule has 1 atom stereocenters. The number of hydrogen-bond acceptors (Lipinski definition) is 2. The molecule has 1 unspecified atom stereocenters. The fraction of sp³-hybridized carbons (Fsp3) is 0.222. The summed E-state index contributed by atoms with van der Waals surface area (Å²) in [6, 6.07) is 4.34. The van der Waals surface area contributed by atoms with Gasteiger partial charge in [-0.05, 0) is 12.1 Å². The van der Waals surface area contributed by atoms with Gasteiger partial charge in [0.05, 0.1) is 0 Å². The average Bonchev–Trinajstić information content (AvgIpc) is 2.16. The Morgan fingerprint density at radius 1 is 1.57 bits per heavy atom. The fourth-order valence-corrected chi connectivity index (χ4v) is 1.06. The number of aliphatic carboxylic acids is 1. The zero-order valence-corrected chi connectivity index (χ0v) is 7.21. The van der Waals surface area contributed by atoms with Crippen LogP contribution in [0.1, 0.15) is 5.56 Å². The van der Waals surface area contributed by atoms with Gasteiger partial charge in [0, 0.05) is 12.1 Å². The molecule has 3 N–H and O–H groups in total. The Labute approximate surface area is 79.2 Å². The molecule has 0 aliphatic carbocycles. The maximum Gasteiger partial charge on any atom is 0.347 e. The number of benzene rings is 1. The first-order valence-corrected chi connectivity index (χ1v) is 3.89. The van der Waals surface area contributed by atoms with E-state index in [1.54, 1.807) is 0 Å². The Balaban J connectivity index is 3.19.